The van der Waals surface area contributed by atoms with Gasteiger partial charge < -0.3 is 10.1 Å². The van der Waals surface area contributed by atoms with E-state index in [-0.39, 0.29) is 0 Å². The third kappa shape index (κ3) is 6.62. The van der Waals surface area contributed by atoms with Gasteiger partial charge in [-0.15, -0.1) is 0 Å². The minimum atomic E-state index is 0.462. The number of rotatable bonds is 8. The lowest BCUT2D eigenvalue weighted by molar-refractivity contribution is 0.0437. The maximum Gasteiger partial charge on any atom is 0.0584 e. The molecule has 1 unspecified atom stereocenters. The van der Waals surface area contributed by atoms with E-state index in [4.69, 9.17) is 4.74 Å². The fraction of sp³-hybridized carbons (Fsp3) is 1.00. The van der Waals surface area contributed by atoms with Gasteiger partial charge >= 0.3 is 0 Å². The van der Waals surface area contributed by atoms with Crippen molar-refractivity contribution in [1.82, 2.24) is 5.32 Å². The maximum atomic E-state index is 5.69. The molecule has 2 nitrogen and oxygen atoms in total. The molecule has 0 saturated carbocycles. The first kappa shape index (κ1) is 11.9. The number of nitrogens with one attached hydrogen (secondary N) is 1. The van der Waals surface area contributed by atoms with Gasteiger partial charge in [-0.1, -0.05) is 20.3 Å². The summed E-state index contributed by atoms with van der Waals surface area (Å²) in [5.74, 6) is 0. The van der Waals surface area contributed by atoms with Gasteiger partial charge in [-0.3, -0.25) is 0 Å². The molecule has 0 aromatic heterocycles. The Hall–Kier alpha value is -0.0800. The lowest BCUT2D eigenvalue weighted by Crippen LogP contribution is -2.19. The van der Waals surface area contributed by atoms with Crippen molar-refractivity contribution in [2.45, 2.75) is 45.6 Å². The molecule has 0 aliphatic heterocycles. The molecule has 0 aliphatic carbocycles. The molecular weight excluding hydrogens is 150 g/mol. The van der Waals surface area contributed by atoms with Crippen LogP contribution < -0.4 is 5.32 Å². The van der Waals surface area contributed by atoms with E-state index < -0.39 is 0 Å². The van der Waals surface area contributed by atoms with E-state index in [2.05, 4.69) is 19.2 Å². The van der Waals surface area contributed by atoms with E-state index >= 15 is 0 Å². The molecule has 2 heteroatoms. The van der Waals surface area contributed by atoms with Crippen molar-refractivity contribution < 1.29 is 4.74 Å². The highest BCUT2D eigenvalue weighted by Gasteiger charge is 2.04. The standard InChI is InChI=1S/C10H23NO/c1-4-6-9-12-10(5-2)7-8-11-3/h10-11H,4-9H2,1-3H3. The van der Waals surface area contributed by atoms with Crippen LogP contribution in [0.4, 0.5) is 0 Å². The van der Waals surface area contributed by atoms with E-state index in [1.165, 1.54) is 12.8 Å². The summed E-state index contributed by atoms with van der Waals surface area (Å²) in [6, 6.07) is 0. The molecule has 0 spiro atoms. The van der Waals surface area contributed by atoms with Crippen LogP contribution >= 0.6 is 0 Å². The zero-order chi connectivity index (χ0) is 9.23. The summed E-state index contributed by atoms with van der Waals surface area (Å²) in [6.45, 7) is 6.37. The summed E-state index contributed by atoms with van der Waals surface area (Å²) in [5, 5.41) is 3.14. The molecule has 12 heavy (non-hydrogen) atoms. The van der Waals surface area contributed by atoms with Crippen molar-refractivity contribution in [3.05, 3.63) is 0 Å². The first-order chi connectivity index (χ1) is 5.85. The lowest BCUT2D eigenvalue weighted by Gasteiger charge is -2.15. The van der Waals surface area contributed by atoms with Crippen LogP contribution in [-0.2, 0) is 4.74 Å². The van der Waals surface area contributed by atoms with E-state index in [1.807, 2.05) is 7.05 Å². The second-order valence-electron chi connectivity index (χ2n) is 3.15. The van der Waals surface area contributed by atoms with Crippen LogP contribution in [0.2, 0.25) is 0 Å². The second kappa shape index (κ2) is 9.01. The predicted molar refractivity (Wildman–Crippen MR) is 53.5 cm³/mol. The monoisotopic (exact) mass is 173 g/mol. The Morgan fingerprint density at radius 1 is 1.33 bits per heavy atom. The molecule has 0 heterocycles. The molecule has 0 rings (SSSR count). The Balaban J connectivity index is 3.26. The van der Waals surface area contributed by atoms with Crippen molar-refractivity contribution in [3.8, 4) is 0 Å². The van der Waals surface area contributed by atoms with E-state index in [0.29, 0.717) is 6.10 Å². The Morgan fingerprint density at radius 3 is 2.58 bits per heavy atom. The fourth-order valence-corrected chi connectivity index (χ4v) is 1.10. The third-order valence-corrected chi connectivity index (χ3v) is 2.02. The minimum absolute atomic E-state index is 0.462. The molecule has 0 fully saturated rings. The summed E-state index contributed by atoms with van der Waals surface area (Å²) in [6.07, 6.45) is 5.14. The predicted octanol–water partition coefficient (Wildman–Crippen LogP) is 2.19. The van der Waals surface area contributed by atoms with Gasteiger partial charge in [0.05, 0.1) is 6.10 Å². The Bertz CT molecular complexity index is 85.9. The molecule has 0 amide bonds. The molecule has 0 saturated heterocycles. The van der Waals surface area contributed by atoms with Gasteiger partial charge in [0.15, 0.2) is 0 Å². The van der Waals surface area contributed by atoms with Crippen LogP contribution in [0, 0.1) is 0 Å². The summed E-state index contributed by atoms with van der Waals surface area (Å²) >= 11 is 0. The topological polar surface area (TPSA) is 21.3 Å². The average Bonchev–Trinajstić information content (AvgIpc) is 2.11. The van der Waals surface area contributed by atoms with Gasteiger partial charge in [-0.2, -0.15) is 0 Å². The van der Waals surface area contributed by atoms with Crippen LogP contribution in [0.5, 0.6) is 0 Å². The SMILES string of the molecule is CCCCOC(CC)CCNC. The number of ether oxygens (including phenoxy) is 1. The second-order valence-corrected chi connectivity index (χ2v) is 3.15. The van der Waals surface area contributed by atoms with E-state index in [9.17, 15) is 0 Å². The van der Waals surface area contributed by atoms with Gasteiger partial charge in [0.25, 0.3) is 0 Å². The quantitative estimate of drug-likeness (QED) is 0.568. The van der Waals surface area contributed by atoms with Crippen LogP contribution in [-0.4, -0.2) is 26.3 Å². The zero-order valence-corrected chi connectivity index (χ0v) is 8.73. The molecule has 74 valence electrons. The first-order valence-corrected chi connectivity index (χ1v) is 5.11. The molecule has 0 radical (unpaired) electrons. The van der Waals surface area contributed by atoms with E-state index in [0.717, 1.165) is 26.0 Å². The molecule has 1 atom stereocenters. The van der Waals surface area contributed by atoms with Gasteiger partial charge in [0.2, 0.25) is 0 Å². The van der Waals surface area contributed by atoms with Crippen molar-refractivity contribution in [2.75, 3.05) is 20.2 Å². The summed E-state index contributed by atoms with van der Waals surface area (Å²) < 4.78 is 5.69. The largest absolute Gasteiger partial charge is 0.378 e. The number of unbranched alkanes of at least 4 members (excludes halogenated alkanes) is 1. The van der Waals surface area contributed by atoms with E-state index in [1.54, 1.807) is 0 Å². The van der Waals surface area contributed by atoms with Crippen molar-refractivity contribution >= 4 is 0 Å². The molecule has 0 aromatic rings. The number of hydrogen-bond donors (Lipinski definition) is 1. The Morgan fingerprint density at radius 2 is 2.08 bits per heavy atom. The summed E-state index contributed by atoms with van der Waals surface area (Å²) in [4.78, 5) is 0. The van der Waals surface area contributed by atoms with Gasteiger partial charge in [0, 0.05) is 6.61 Å². The van der Waals surface area contributed by atoms with Gasteiger partial charge in [-0.25, -0.2) is 0 Å². The highest BCUT2D eigenvalue weighted by molar-refractivity contribution is 4.56. The van der Waals surface area contributed by atoms with Crippen molar-refractivity contribution in [1.29, 1.82) is 0 Å². The fourth-order valence-electron chi connectivity index (χ4n) is 1.10. The molecule has 0 bridgehead atoms. The number of hydrogen-bond acceptors (Lipinski definition) is 2. The highest BCUT2D eigenvalue weighted by Crippen LogP contribution is 2.03. The van der Waals surface area contributed by atoms with Gasteiger partial charge in [-0.05, 0) is 32.9 Å². The summed E-state index contributed by atoms with van der Waals surface area (Å²) in [7, 11) is 1.98. The lowest BCUT2D eigenvalue weighted by atomic mass is 10.2. The van der Waals surface area contributed by atoms with Crippen LogP contribution in [0.25, 0.3) is 0 Å². The third-order valence-electron chi connectivity index (χ3n) is 2.02. The molecule has 1 N–H and O–H groups in total. The van der Waals surface area contributed by atoms with Crippen molar-refractivity contribution in [2.24, 2.45) is 0 Å². The minimum Gasteiger partial charge on any atom is -0.378 e. The molecule has 0 aromatic carbocycles. The Labute approximate surface area is 76.7 Å². The molecular formula is C10H23NO. The molecule has 0 aliphatic rings. The zero-order valence-electron chi connectivity index (χ0n) is 8.73. The van der Waals surface area contributed by atoms with Gasteiger partial charge in [0.1, 0.15) is 0 Å². The first-order valence-electron chi connectivity index (χ1n) is 5.11. The summed E-state index contributed by atoms with van der Waals surface area (Å²) in [5.41, 5.74) is 0. The van der Waals surface area contributed by atoms with Crippen LogP contribution in [0.15, 0.2) is 0 Å². The normalized spacial score (nSPS) is 13.2. The van der Waals surface area contributed by atoms with Crippen LogP contribution in [0.3, 0.4) is 0 Å². The Kier molecular flexibility index (Phi) is 8.95. The van der Waals surface area contributed by atoms with Crippen molar-refractivity contribution in [3.63, 3.8) is 0 Å². The smallest absolute Gasteiger partial charge is 0.0584 e. The average molecular weight is 173 g/mol. The van der Waals surface area contributed by atoms with Crippen LogP contribution in [0.1, 0.15) is 39.5 Å². The highest BCUT2D eigenvalue weighted by atomic mass is 16.5. The maximum absolute atomic E-state index is 5.69.